The number of benzene rings is 1. The number of carbonyl (C=O) groups is 2. The summed E-state index contributed by atoms with van der Waals surface area (Å²) < 4.78 is 18.7. The number of hydrogen-bond donors (Lipinski definition) is 3. The summed E-state index contributed by atoms with van der Waals surface area (Å²) in [7, 11) is 0. The van der Waals surface area contributed by atoms with E-state index in [1.165, 1.54) is 6.07 Å². The average Bonchev–Trinajstić information content (AvgIpc) is 3.19. The summed E-state index contributed by atoms with van der Waals surface area (Å²) in [5.74, 6) is -0.978. The third-order valence-electron chi connectivity index (χ3n) is 4.54. The lowest BCUT2D eigenvalue weighted by atomic mass is 10.1. The summed E-state index contributed by atoms with van der Waals surface area (Å²) in [6.45, 7) is 5.98. The summed E-state index contributed by atoms with van der Waals surface area (Å²) in [6.07, 6.45) is 0. The number of hydrogen-bond acceptors (Lipinski definition) is 5. The van der Waals surface area contributed by atoms with Crippen molar-refractivity contribution in [2.75, 3.05) is 45.9 Å². The highest BCUT2D eigenvalue weighted by Gasteiger charge is 2.14. The molecular formula is C19H24FN5O3. The van der Waals surface area contributed by atoms with Crippen molar-refractivity contribution in [3.8, 4) is 11.3 Å². The van der Waals surface area contributed by atoms with Gasteiger partial charge in [-0.3, -0.25) is 19.6 Å². The molecule has 0 atom stereocenters. The molecule has 2 amide bonds. The van der Waals surface area contributed by atoms with Crippen LogP contribution in [0.25, 0.3) is 11.3 Å². The number of ether oxygens (including phenoxy) is 1. The maximum absolute atomic E-state index is 13.4. The van der Waals surface area contributed by atoms with E-state index in [1.807, 2.05) is 0 Å². The molecule has 1 aliphatic heterocycles. The number of nitrogens with one attached hydrogen (secondary N) is 3. The molecule has 0 spiro atoms. The Balaban J connectivity index is 1.43. The minimum Gasteiger partial charge on any atom is -0.379 e. The number of halogens is 1. The first-order chi connectivity index (χ1) is 13.5. The molecule has 1 saturated heterocycles. The maximum atomic E-state index is 13.4. The first-order valence-electron chi connectivity index (χ1n) is 9.20. The van der Waals surface area contributed by atoms with Crippen LogP contribution in [0.2, 0.25) is 0 Å². The van der Waals surface area contributed by atoms with Gasteiger partial charge >= 0.3 is 0 Å². The Hall–Kier alpha value is -2.78. The summed E-state index contributed by atoms with van der Waals surface area (Å²) in [5.41, 5.74) is 1.97. The number of H-pyrrole nitrogens is 1. The van der Waals surface area contributed by atoms with Crippen LogP contribution in [0, 0.1) is 12.7 Å². The van der Waals surface area contributed by atoms with Gasteiger partial charge in [-0.1, -0.05) is 0 Å². The van der Waals surface area contributed by atoms with Crippen LogP contribution in [-0.2, 0) is 9.53 Å². The first kappa shape index (κ1) is 20.0. The molecule has 0 aliphatic carbocycles. The van der Waals surface area contributed by atoms with Crippen LogP contribution in [0.5, 0.6) is 0 Å². The van der Waals surface area contributed by atoms with E-state index in [0.29, 0.717) is 36.6 Å². The minimum absolute atomic E-state index is 0.119. The lowest BCUT2D eigenvalue weighted by Gasteiger charge is -2.26. The lowest BCUT2D eigenvalue weighted by molar-refractivity contribution is -0.120. The molecule has 3 N–H and O–H groups in total. The van der Waals surface area contributed by atoms with E-state index in [0.717, 1.165) is 19.6 Å². The number of morpholine rings is 1. The molecule has 0 unspecified atom stereocenters. The predicted molar refractivity (Wildman–Crippen MR) is 101 cm³/mol. The summed E-state index contributed by atoms with van der Waals surface area (Å²) >= 11 is 0. The fourth-order valence-electron chi connectivity index (χ4n) is 2.89. The van der Waals surface area contributed by atoms with Gasteiger partial charge in [0.15, 0.2) is 0 Å². The molecule has 2 heterocycles. The highest BCUT2D eigenvalue weighted by atomic mass is 19.1. The Bertz CT molecular complexity index is 833. The fraction of sp³-hybridized carbons (Fsp3) is 0.421. The molecule has 3 rings (SSSR count). The Morgan fingerprint density at radius 3 is 2.79 bits per heavy atom. The van der Waals surface area contributed by atoms with Crippen molar-refractivity contribution >= 4 is 11.8 Å². The quantitative estimate of drug-likeness (QED) is 0.648. The van der Waals surface area contributed by atoms with Crippen molar-refractivity contribution < 1.29 is 18.7 Å². The second-order valence-electron chi connectivity index (χ2n) is 6.62. The highest BCUT2D eigenvalue weighted by molar-refractivity contribution is 5.95. The number of carbonyl (C=O) groups excluding carboxylic acids is 2. The van der Waals surface area contributed by atoms with Gasteiger partial charge in [-0.2, -0.15) is 5.10 Å². The third kappa shape index (κ3) is 5.37. The molecule has 2 aromatic rings. The number of rotatable bonds is 7. The van der Waals surface area contributed by atoms with Gasteiger partial charge in [-0.05, 0) is 36.8 Å². The maximum Gasteiger partial charge on any atom is 0.269 e. The topological polar surface area (TPSA) is 99.4 Å². The van der Waals surface area contributed by atoms with Gasteiger partial charge in [0, 0.05) is 31.7 Å². The first-order valence-corrected chi connectivity index (χ1v) is 9.20. The van der Waals surface area contributed by atoms with Gasteiger partial charge in [0.25, 0.3) is 5.91 Å². The SMILES string of the molecule is Cc1cc(-c2cc(C(=O)NCC(=O)NCCN3CCOCC3)[nH]n2)ccc1F. The third-order valence-corrected chi connectivity index (χ3v) is 4.54. The van der Waals surface area contributed by atoms with E-state index in [2.05, 4.69) is 25.7 Å². The normalized spacial score (nSPS) is 14.6. The molecule has 0 saturated carbocycles. The van der Waals surface area contributed by atoms with Crippen molar-refractivity contribution in [3.63, 3.8) is 0 Å². The van der Waals surface area contributed by atoms with Crippen LogP contribution >= 0.6 is 0 Å². The minimum atomic E-state index is -0.430. The Kier molecular flexibility index (Phi) is 6.72. The highest BCUT2D eigenvalue weighted by Crippen LogP contribution is 2.20. The van der Waals surface area contributed by atoms with E-state index in [1.54, 1.807) is 25.1 Å². The fourth-order valence-corrected chi connectivity index (χ4v) is 2.89. The number of aromatic nitrogens is 2. The van der Waals surface area contributed by atoms with Gasteiger partial charge < -0.3 is 15.4 Å². The molecule has 28 heavy (non-hydrogen) atoms. The van der Waals surface area contributed by atoms with Gasteiger partial charge in [-0.25, -0.2) is 4.39 Å². The second kappa shape index (κ2) is 9.43. The molecular weight excluding hydrogens is 365 g/mol. The summed E-state index contributed by atoms with van der Waals surface area (Å²) in [4.78, 5) is 26.3. The van der Waals surface area contributed by atoms with E-state index in [9.17, 15) is 14.0 Å². The van der Waals surface area contributed by atoms with Crippen molar-refractivity contribution in [1.82, 2.24) is 25.7 Å². The molecule has 8 nitrogen and oxygen atoms in total. The monoisotopic (exact) mass is 389 g/mol. The van der Waals surface area contributed by atoms with Gasteiger partial charge in [-0.15, -0.1) is 0 Å². The van der Waals surface area contributed by atoms with E-state index in [4.69, 9.17) is 4.74 Å². The molecule has 1 aromatic carbocycles. The van der Waals surface area contributed by atoms with Crippen molar-refractivity contribution in [1.29, 1.82) is 0 Å². The molecule has 9 heteroatoms. The van der Waals surface area contributed by atoms with Crippen molar-refractivity contribution in [2.45, 2.75) is 6.92 Å². The molecule has 150 valence electrons. The predicted octanol–water partition coefficient (Wildman–Crippen LogP) is 0.702. The van der Waals surface area contributed by atoms with Crippen LogP contribution in [-0.4, -0.2) is 72.8 Å². The van der Waals surface area contributed by atoms with Crippen LogP contribution in [0.15, 0.2) is 24.3 Å². The van der Waals surface area contributed by atoms with Gasteiger partial charge in [0.05, 0.1) is 25.5 Å². The zero-order valence-corrected chi connectivity index (χ0v) is 15.8. The largest absolute Gasteiger partial charge is 0.379 e. The van der Waals surface area contributed by atoms with Crippen LogP contribution in [0.4, 0.5) is 4.39 Å². The standard InChI is InChI=1S/C19H24FN5O3/c1-13-10-14(2-3-15(13)20)16-11-17(24-23-16)19(27)22-12-18(26)21-4-5-25-6-8-28-9-7-25/h2-3,10-11H,4-9,12H2,1H3,(H,21,26)(H,22,27)(H,23,24). The number of aromatic amines is 1. The average molecular weight is 389 g/mol. The lowest BCUT2D eigenvalue weighted by Crippen LogP contribution is -2.43. The van der Waals surface area contributed by atoms with Crippen LogP contribution in [0.1, 0.15) is 16.1 Å². The zero-order valence-electron chi connectivity index (χ0n) is 15.8. The molecule has 0 bridgehead atoms. The Labute approximate surface area is 162 Å². The number of amides is 2. The smallest absolute Gasteiger partial charge is 0.269 e. The van der Waals surface area contributed by atoms with E-state index >= 15 is 0 Å². The Morgan fingerprint density at radius 2 is 2.04 bits per heavy atom. The van der Waals surface area contributed by atoms with Crippen LogP contribution < -0.4 is 10.6 Å². The van der Waals surface area contributed by atoms with Gasteiger partial charge in [0.1, 0.15) is 11.5 Å². The summed E-state index contributed by atoms with van der Waals surface area (Å²) in [5, 5.41) is 12.1. The van der Waals surface area contributed by atoms with Crippen molar-refractivity contribution in [2.24, 2.45) is 0 Å². The van der Waals surface area contributed by atoms with Crippen molar-refractivity contribution in [3.05, 3.63) is 41.3 Å². The molecule has 1 aromatic heterocycles. The Morgan fingerprint density at radius 1 is 1.25 bits per heavy atom. The zero-order chi connectivity index (χ0) is 19.9. The van der Waals surface area contributed by atoms with E-state index < -0.39 is 5.91 Å². The molecule has 0 radical (unpaired) electrons. The molecule has 1 aliphatic rings. The number of aryl methyl sites for hydroxylation is 1. The van der Waals surface area contributed by atoms with Gasteiger partial charge in [0.2, 0.25) is 5.91 Å². The second-order valence-corrected chi connectivity index (χ2v) is 6.62. The number of nitrogens with zero attached hydrogens (tertiary/aromatic N) is 2. The summed E-state index contributed by atoms with van der Waals surface area (Å²) in [6, 6.07) is 6.19. The van der Waals surface area contributed by atoms with E-state index in [-0.39, 0.29) is 24.0 Å². The molecule has 1 fully saturated rings. The van der Waals surface area contributed by atoms with Crippen LogP contribution in [0.3, 0.4) is 0 Å².